The minimum Gasteiger partial charge on any atom is -0.404 e. The van der Waals surface area contributed by atoms with Gasteiger partial charge in [-0.25, -0.2) is 0 Å². The topological polar surface area (TPSA) is 35.2 Å². The van der Waals surface area contributed by atoms with E-state index < -0.39 is 12.1 Å². The molecule has 0 bridgehead atoms. The molecule has 0 unspecified atom stereocenters. The van der Waals surface area contributed by atoms with Crippen LogP contribution in [0.2, 0.25) is 5.02 Å². The third kappa shape index (κ3) is 3.09. The van der Waals surface area contributed by atoms with Crippen LogP contribution >= 0.6 is 34.2 Å². The molecule has 0 aliphatic rings. The largest absolute Gasteiger partial charge is 0.573 e. The Morgan fingerprint density at radius 2 is 1.93 bits per heavy atom. The second kappa shape index (κ2) is 4.01. The van der Waals surface area contributed by atoms with Gasteiger partial charge in [0.1, 0.15) is 0 Å². The molecule has 0 radical (unpaired) electrons. The second-order valence-corrected chi connectivity index (χ2v) is 3.92. The van der Waals surface area contributed by atoms with Gasteiger partial charge in [-0.3, -0.25) is 0 Å². The van der Waals surface area contributed by atoms with Gasteiger partial charge in [-0.2, -0.15) is 0 Å². The Kier molecular flexibility index (Phi) is 3.36. The number of nitrogen functional groups attached to an aromatic ring is 1. The van der Waals surface area contributed by atoms with Crippen molar-refractivity contribution >= 4 is 39.9 Å². The van der Waals surface area contributed by atoms with E-state index in [1.165, 1.54) is 6.07 Å². The molecular formula is C7H4ClF3INO. The molecule has 0 aliphatic heterocycles. The van der Waals surface area contributed by atoms with Crippen molar-refractivity contribution in [3.8, 4) is 5.75 Å². The molecule has 14 heavy (non-hydrogen) atoms. The summed E-state index contributed by atoms with van der Waals surface area (Å²) in [4.78, 5) is 0. The minimum absolute atomic E-state index is 0.101. The monoisotopic (exact) mass is 337 g/mol. The number of benzene rings is 1. The zero-order valence-corrected chi connectivity index (χ0v) is 9.44. The molecule has 0 aliphatic carbocycles. The standard InChI is InChI=1S/C7H4ClF3INO/c8-3-1-6(14-7(9,10)11)5(13)2-4(3)12/h1-2H,13H2. The third-order valence-electron chi connectivity index (χ3n) is 1.28. The maximum Gasteiger partial charge on any atom is 0.573 e. The summed E-state index contributed by atoms with van der Waals surface area (Å²) in [7, 11) is 0. The summed E-state index contributed by atoms with van der Waals surface area (Å²) in [5.74, 6) is -0.483. The molecule has 2 N–H and O–H groups in total. The van der Waals surface area contributed by atoms with Crippen LogP contribution in [0.1, 0.15) is 0 Å². The van der Waals surface area contributed by atoms with Crippen molar-refractivity contribution in [1.82, 2.24) is 0 Å². The first-order valence-electron chi connectivity index (χ1n) is 3.30. The molecule has 7 heteroatoms. The van der Waals surface area contributed by atoms with Crippen molar-refractivity contribution in [3.05, 3.63) is 20.7 Å². The quantitative estimate of drug-likeness (QED) is 0.629. The van der Waals surface area contributed by atoms with Crippen molar-refractivity contribution < 1.29 is 17.9 Å². The van der Waals surface area contributed by atoms with E-state index in [4.69, 9.17) is 17.3 Å². The normalized spacial score (nSPS) is 11.5. The van der Waals surface area contributed by atoms with Gasteiger partial charge >= 0.3 is 6.36 Å². The maximum atomic E-state index is 11.8. The highest BCUT2D eigenvalue weighted by Crippen LogP contribution is 2.33. The van der Waals surface area contributed by atoms with Crippen LogP contribution in [-0.4, -0.2) is 6.36 Å². The fourth-order valence-electron chi connectivity index (χ4n) is 0.757. The molecule has 0 fully saturated rings. The van der Waals surface area contributed by atoms with Gasteiger partial charge < -0.3 is 10.5 Å². The van der Waals surface area contributed by atoms with Gasteiger partial charge in [-0.1, -0.05) is 11.6 Å². The van der Waals surface area contributed by atoms with E-state index in [0.29, 0.717) is 3.57 Å². The van der Waals surface area contributed by atoms with Crippen molar-refractivity contribution in [3.63, 3.8) is 0 Å². The number of ether oxygens (including phenoxy) is 1. The zero-order chi connectivity index (χ0) is 10.9. The number of anilines is 1. The van der Waals surface area contributed by atoms with Crippen LogP contribution in [0, 0.1) is 3.57 Å². The van der Waals surface area contributed by atoms with E-state index in [1.54, 1.807) is 0 Å². The molecule has 0 atom stereocenters. The van der Waals surface area contributed by atoms with E-state index in [2.05, 4.69) is 4.74 Å². The molecule has 0 saturated carbocycles. The maximum absolute atomic E-state index is 11.8. The van der Waals surface area contributed by atoms with Crippen LogP contribution in [0.5, 0.6) is 5.75 Å². The van der Waals surface area contributed by atoms with E-state index >= 15 is 0 Å². The lowest BCUT2D eigenvalue weighted by Gasteiger charge is -2.11. The van der Waals surface area contributed by atoms with Crippen molar-refractivity contribution in [1.29, 1.82) is 0 Å². The summed E-state index contributed by atoms with van der Waals surface area (Å²) in [6.07, 6.45) is -4.76. The first-order chi connectivity index (χ1) is 6.29. The van der Waals surface area contributed by atoms with Crippen molar-refractivity contribution in [2.75, 3.05) is 5.73 Å². The fraction of sp³-hybridized carbons (Fsp3) is 0.143. The Hall–Kier alpha value is -0.370. The van der Waals surface area contributed by atoms with E-state index in [0.717, 1.165) is 6.07 Å². The van der Waals surface area contributed by atoms with Crippen LogP contribution in [0.25, 0.3) is 0 Å². The number of hydrogen-bond donors (Lipinski definition) is 1. The summed E-state index contributed by atoms with van der Waals surface area (Å²) in [5, 5.41) is 0.166. The summed E-state index contributed by atoms with van der Waals surface area (Å²) >= 11 is 7.46. The number of alkyl halides is 3. The Bertz CT molecular complexity index is 356. The van der Waals surface area contributed by atoms with Crippen LogP contribution in [0.4, 0.5) is 18.9 Å². The SMILES string of the molecule is Nc1cc(I)c(Cl)cc1OC(F)(F)F. The van der Waals surface area contributed by atoms with Gasteiger partial charge in [-0.15, -0.1) is 13.2 Å². The van der Waals surface area contributed by atoms with Crippen LogP contribution < -0.4 is 10.5 Å². The molecular weight excluding hydrogens is 333 g/mol. The molecule has 1 aromatic carbocycles. The van der Waals surface area contributed by atoms with Gasteiger partial charge in [-0.05, 0) is 28.7 Å². The average molecular weight is 337 g/mol. The first-order valence-corrected chi connectivity index (χ1v) is 4.75. The van der Waals surface area contributed by atoms with Gasteiger partial charge in [0.2, 0.25) is 0 Å². The smallest absolute Gasteiger partial charge is 0.404 e. The highest BCUT2D eigenvalue weighted by molar-refractivity contribution is 14.1. The summed E-state index contributed by atoms with van der Waals surface area (Å²) in [6, 6.07) is 2.34. The van der Waals surface area contributed by atoms with Crippen molar-refractivity contribution in [2.45, 2.75) is 6.36 Å². The number of halogens is 5. The zero-order valence-electron chi connectivity index (χ0n) is 6.53. The number of hydrogen-bond acceptors (Lipinski definition) is 2. The van der Waals surface area contributed by atoms with Crippen LogP contribution in [0.3, 0.4) is 0 Å². The molecule has 0 saturated heterocycles. The predicted molar refractivity (Wildman–Crippen MR) is 55.3 cm³/mol. The molecule has 0 heterocycles. The molecule has 0 aromatic heterocycles. The molecule has 2 nitrogen and oxygen atoms in total. The van der Waals surface area contributed by atoms with E-state index in [9.17, 15) is 13.2 Å². The second-order valence-electron chi connectivity index (χ2n) is 2.35. The number of rotatable bonds is 1. The summed E-state index contributed by atoms with van der Waals surface area (Å²) < 4.78 is 39.7. The Balaban J connectivity index is 3.04. The Labute approximate surface area is 96.3 Å². The first kappa shape index (κ1) is 11.7. The van der Waals surface area contributed by atoms with Gasteiger partial charge in [0.25, 0.3) is 0 Å². The molecule has 0 spiro atoms. The van der Waals surface area contributed by atoms with Crippen LogP contribution in [0.15, 0.2) is 12.1 Å². The van der Waals surface area contributed by atoms with Crippen molar-refractivity contribution in [2.24, 2.45) is 0 Å². The van der Waals surface area contributed by atoms with E-state index in [-0.39, 0.29) is 10.7 Å². The molecule has 1 aromatic rings. The van der Waals surface area contributed by atoms with Gasteiger partial charge in [0.05, 0.1) is 10.7 Å². The summed E-state index contributed by atoms with van der Waals surface area (Å²) in [5.41, 5.74) is 5.21. The lowest BCUT2D eigenvalue weighted by atomic mass is 10.3. The molecule has 1 rings (SSSR count). The minimum atomic E-state index is -4.76. The van der Waals surface area contributed by atoms with Crippen LogP contribution in [-0.2, 0) is 0 Å². The van der Waals surface area contributed by atoms with Gasteiger partial charge in [0, 0.05) is 9.64 Å². The highest BCUT2D eigenvalue weighted by Gasteiger charge is 2.32. The number of nitrogens with two attached hydrogens (primary N) is 1. The lowest BCUT2D eigenvalue weighted by Crippen LogP contribution is -2.18. The average Bonchev–Trinajstić information content (AvgIpc) is 1.97. The fourth-order valence-corrected chi connectivity index (χ4v) is 1.40. The Morgan fingerprint density at radius 3 is 2.43 bits per heavy atom. The molecule has 78 valence electrons. The predicted octanol–water partition coefficient (Wildman–Crippen LogP) is 3.43. The Morgan fingerprint density at radius 1 is 1.36 bits per heavy atom. The van der Waals surface area contributed by atoms with E-state index in [1.807, 2.05) is 22.6 Å². The lowest BCUT2D eigenvalue weighted by molar-refractivity contribution is -0.274. The van der Waals surface area contributed by atoms with Gasteiger partial charge in [0.15, 0.2) is 5.75 Å². The summed E-state index contributed by atoms with van der Waals surface area (Å²) in [6.45, 7) is 0. The highest BCUT2D eigenvalue weighted by atomic mass is 127. The molecule has 0 amide bonds. The third-order valence-corrected chi connectivity index (χ3v) is 2.80.